The lowest BCUT2D eigenvalue weighted by Crippen LogP contribution is -2.17. The Kier molecular flexibility index (Phi) is 6.60. The number of carbonyl (C=O) groups is 1. The third-order valence-corrected chi connectivity index (χ3v) is 5.04. The molecule has 0 spiro atoms. The van der Waals surface area contributed by atoms with Gasteiger partial charge in [0.25, 0.3) is 5.91 Å². The Labute approximate surface area is 171 Å². The number of methoxy groups -OCH3 is 1. The van der Waals surface area contributed by atoms with E-state index in [0.717, 1.165) is 5.56 Å². The Bertz CT molecular complexity index is 901. The normalized spacial score (nSPS) is 15.0. The molecule has 1 fully saturated rings. The minimum absolute atomic E-state index is 0.194. The number of ether oxygens (including phenoxy) is 3. The van der Waals surface area contributed by atoms with E-state index in [1.165, 1.54) is 11.8 Å². The standard InChI is InChI=1S/C19H16ClNO4S2/c1-23-16-10-12(11-17-18(22)21-19(26)27-17)6-7-15(16)25-9-8-24-14-5-3-2-4-13(14)20/h2-7,10-11H,8-9H2,1H3,(H,21,22,26). The molecule has 1 N–H and O–H groups in total. The fourth-order valence-electron chi connectivity index (χ4n) is 2.33. The molecular weight excluding hydrogens is 406 g/mol. The molecule has 1 aliphatic rings. The lowest BCUT2D eigenvalue weighted by Gasteiger charge is -2.12. The Hall–Kier alpha value is -2.22. The van der Waals surface area contributed by atoms with Crippen molar-refractivity contribution in [3.8, 4) is 17.2 Å². The van der Waals surface area contributed by atoms with Crippen molar-refractivity contribution < 1.29 is 19.0 Å². The van der Waals surface area contributed by atoms with Gasteiger partial charge in [0.1, 0.15) is 23.3 Å². The van der Waals surface area contributed by atoms with Gasteiger partial charge in [-0.15, -0.1) is 0 Å². The monoisotopic (exact) mass is 421 g/mol. The number of thiocarbonyl (C=S) groups is 1. The van der Waals surface area contributed by atoms with Crippen LogP contribution in [0.1, 0.15) is 5.56 Å². The van der Waals surface area contributed by atoms with E-state index in [0.29, 0.717) is 44.7 Å². The smallest absolute Gasteiger partial charge is 0.263 e. The first kappa shape index (κ1) is 19.5. The first-order valence-electron chi connectivity index (χ1n) is 8.00. The maximum atomic E-state index is 11.8. The van der Waals surface area contributed by atoms with Crippen LogP contribution < -0.4 is 19.5 Å². The highest BCUT2D eigenvalue weighted by molar-refractivity contribution is 8.26. The summed E-state index contributed by atoms with van der Waals surface area (Å²) >= 11 is 12.3. The fourth-order valence-corrected chi connectivity index (χ4v) is 3.57. The van der Waals surface area contributed by atoms with E-state index < -0.39 is 0 Å². The molecule has 1 amide bonds. The zero-order chi connectivity index (χ0) is 19.2. The van der Waals surface area contributed by atoms with Crippen LogP contribution in [-0.2, 0) is 4.79 Å². The van der Waals surface area contributed by atoms with Gasteiger partial charge in [-0.2, -0.15) is 0 Å². The van der Waals surface area contributed by atoms with Gasteiger partial charge in [0.15, 0.2) is 11.5 Å². The molecule has 2 aromatic carbocycles. The molecule has 1 heterocycles. The van der Waals surface area contributed by atoms with Crippen molar-refractivity contribution in [1.29, 1.82) is 0 Å². The van der Waals surface area contributed by atoms with Crippen LogP contribution in [0.25, 0.3) is 6.08 Å². The van der Waals surface area contributed by atoms with Gasteiger partial charge in [-0.05, 0) is 35.9 Å². The van der Waals surface area contributed by atoms with Crippen molar-refractivity contribution in [2.45, 2.75) is 0 Å². The summed E-state index contributed by atoms with van der Waals surface area (Å²) in [5, 5.41) is 3.14. The highest BCUT2D eigenvalue weighted by Crippen LogP contribution is 2.31. The first-order chi connectivity index (χ1) is 13.1. The number of amides is 1. The molecule has 0 aromatic heterocycles. The van der Waals surface area contributed by atoms with E-state index in [-0.39, 0.29) is 5.91 Å². The molecule has 0 radical (unpaired) electrons. The van der Waals surface area contributed by atoms with Crippen molar-refractivity contribution in [3.63, 3.8) is 0 Å². The van der Waals surface area contributed by atoms with E-state index in [1.807, 2.05) is 18.2 Å². The Morgan fingerprint density at radius 1 is 1.11 bits per heavy atom. The largest absolute Gasteiger partial charge is 0.493 e. The third kappa shape index (κ3) is 5.15. The number of halogens is 1. The Balaban J connectivity index is 1.61. The van der Waals surface area contributed by atoms with Crippen LogP contribution in [-0.4, -0.2) is 30.6 Å². The van der Waals surface area contributed by atoms with Crippen molar-refractivity contribution in [3.05, 3.63) is 58.0 Å². The lowest BCUT2D eigenvalue weighted by molar-refractivity contribution is -0.115. The van der Waals surface area contributed by atoms with Gasteiger partial charge in [0.2, 0.25) is 0 Å². The number of thioether (sulfide) groups is 1. The molecule has 140 valence electrons. The number of carbonyl (C=O) groups excluding carboxylic acids is 1. The molecule has 2 aromatic rings. The van der Waals surface area contributed by atoms with Gasteiger partial charge in [0, 0.05) is 0 Å². The summed E-state index contributed by atoms with van der Waals surface area (Å²) in [6.45, 7) is 0.668. The summed E-state index contributed by atoms with van der Waals surface area (Å²) in [7, 11) is 1.56. The average Bonchev–Trinajstić information content (AvgIpc) is 2.97. The third-order valence-electron chi connectivity index (χ3n) is 3.56. The number of benzene rings is 2. The Morgan fingerprint density at radius 3 is 2.52 bits per heavy atom. The maximum Gasteiger partial charge on any atom is 0.263 e. The summed E-state index contributed by atoms with van der Waals surface area (Å²) < 4.78 is 17.2. The molecule has 0 atom stereocenters. The second kappa shape index (κ2) is 9.12. The van der Waals surface area contributed by atoms with Gasteiger partial charge in [-0.3, -0.25) is 4.79 Å². The van der Waals surface area contributed by atoms with Crippen LogP contribution in [0.5, 0.6) is 17.2 Å². The van der Waals surface area contributed by atoms with Gasteiger partial charge in [0.05, 0.1) is 17.0 Å². The van der Waals surface area contributed by atoms with E-state index in [2.05, 4.69) is 5.32 Å². The van der Waals surface area contributed by atoms with Crippen LogP contribution >= 0.6 is 35.6 Å². The molecule has 0 bridgehead atoms. The molecular formula is C19H16ClNO4S2. The average molecular weight is 422 g/mol. The minimum atomic E-state index is -0.194. The topological polar surface area (TPSA) is 56.8 Å². The molecule has 8 heteroatoms. The minimum Gasteiger partial charge on any atom is -0.493 e. The van der Waals surface area contributed by atoms with E-state index >= 15 is 0 Å². The number of hydrogen-bond acceptors (Lipinski definition) is 6. The quantitative estimate of drug-likeness (QED) is 0.408. The molecule has 5 nitrogen and oxygen atoms in total. The summed E-state index contributed by atoms with van der Waals surface area (Å²) in [4.78, 5) is 12.3. The number of rotatable bonds is 7. The van der Waals surface area contributed by atoms with Crippen LogP contribution in [0, 0.1) is 0 Å². The van der Waals surface area contributed by atoms with Crippen molar-refractivity contribution in [2.75, 3.05) is 20.3 Å². The summed E-state index contributed by atoms with van der Waals surface area (Å²) in [6.07, 6.45) is 1.76. The summed E-state index contributed by atoms with van der Waals surface area (Å²) in [6, 6.07) is 12.7. The number of nitrogens with one attached hydrogen (secondary N) is 1. The molecule has 27 heavy (non-hydrogen) atoms. The zero-order valence-electron chi connectivity index (χ0n) is 14.4. The van der Waals surface area contributed by atoms with Crippen LogP contribution in [0.2, 0.25) is 5.02 Å². The summed E-state index contributed by atoms with van der Waals surface area (Å²) in [5.74, 6) is 1.57. The Morgan fingerprint density at radius 2 is 1.85 bits per heavy atom. The molecule has 0 aliphatic carbocycles. The van der Waals surface area contributed by atoms with Crippen molar-refractivity contribution >= 4 is 51.9 Å². The second-order valence-electron chi connectivity index (χ2n) is 5.39. The van der Waals surface area contributed by atoms with Gasteiger partial charge >= 0.3 is 0 Å². The highest BCUT2D eigenvalue weighted by atomic mass is 35.5. The van der Waals surface area contributed by atoms with Crippen molar-refractivity contribution in [1.82, 2.24) is 5.32 Å². The SMILES string of the molecule is COc1cc(C=C2SC(=S)NC2=O)ccc1OCCOc1ccccc1Cl. The maximum absolute atomic E-state index is 11.8. The van der Waals surface area contributed by atoms with E-state index in [9.17, 15) is 4.79 Å². The number of hydrogen-bond donors (Lipinski definition) is 1. The fraction of sp³-hybridized carbons (Fsp3) is 0.158. The van der Waals surface area contributed by atoms with Crippen LogP contribution in [0.3, 0.4) is 0 Å². The first-order valence-corrected chi connectivity index (χ1v) is 9.60. The van der Waals surface area contributed by atoms with Crippen LogP contribution in [0.4, 0.5) is 0 Å². The van der Waals surface area contributed by atoms with Gasteiger partial charge in [-0.1, -0.05) is 53.8 Å². The summed E-state index contributed by atoms with van der Waals surface area (Å²) in [5.41, 5.74) is 0.814. The second-order valence-corrected chi connectivity index (χ2v) is 7.52. The zero-order valence-corrected chi connectivity index (χ0v) is 16.7. The van der Waals surface area contributed by atoms with E-state index in [4.69, 9.17) is 38.0 Å². The molecule has 0 saturated carbocycles. The van der Waals surface area contributed by atoms with Crippen molar-refractivity contribution in [2.24, 2.45) is 0 Å². The highest BCUT2D eigenvalue weighted by Gasteiger charge is 2.22. The van der Waals surface area contributed by atoms with E-state index in [1.54, 1.807) is 37.5 Å². The predicted molar refractivity (Wildman–Crippen MR) is 112 cm³/mol. The predicted octanol–water partition coefficient (Wildman–Crippen LogP) is 4.30. The van der Waals surface area contributed by atoms with Gasteiger partial charge in [-0.25, -0.2) is 0 Å². The van der Waals surface area contributed by atoms with Gasteiger partial charge < -0.3 is 19.5 Å². The molecule has 3 rings (SSSR count). The molecule has 1 aliphatic heterocycles. The molecule has 0 unspecified atom stereocenters. The molecule has 1 saturated heterocycles. The lowest BCUT2D eigenvalue weighted by atomic mass is 10.2. The van der Waals surface area contributed by atoms with Crippen LogP contribution in [0.15, 0.2) is 47.4 Å². The number of para-hydroxylation sites is 1.